The molecule has 0 aromatic heterocycles. The summed E-state index contributed by atoms with van der Waals surface area (Å²) in [6.07, 6.45) is -0.0292. The largest absolute Gasteiger partial charge is 0.481 e. The number of Topliss-reactive ketones (excluding diaryl/α,β-unsaturated/α-hetero) is 1. The molecule has 98 valence electrons. The number of carbonyl (C=O) groups excluding carboxylic acids is 1. The van der Waals surface area contributed by atoms with Gasteiger partial charge in [-0.25, -0.2) is 0 Å². The van der Waals surface area contributed by atoms with Crippen molar-refractivity contribution < 1.29 is 14.7 Å². The summed E-state index contributed by atoms with van der Waals surface area (Å²) < 4.78 is 0. The summed E-state index contributed by atoms with van der Waals surface area (Å²) in [4.78, 5) is 23.4. The molecule has 0 spiro atoms. The predicted octanol–water partition coefficient (Wildman–Crippen LogP) is 3.40. The molecule has 0 fully saturated rings. The van der Waals surface area contributed by atoms with Gasteiger partial charge in [0.15, 0.2) is 5.78 Å². The smallest absolute Gasteiger partial charge is 0.303 e. The van der Waals surface area contributed by atoms with Crippen LogP contribution in [0.2, 0.25) is 0 Å². The Morgan fingerprint density at radius 3 is 2.00 bits per heavy atom. The Kier molecular flexibility index (Phi) is 3.95. The molecular formula is C15H20O3. The Morgan fingerprint density at radius 2 is 1.56 bits per heavy atom. The van der Waals surface area contributed by atoms with Crippen molar-refractivity contribution in [3.05, 3.63) is 35.9 Å². The lowest BCUT2D eigenvalue weighted by atomic mass is 9.63. The minimum atomic E-state index is -0.881. The van der Waals surface area contributed by atoms with Crippen molar-refractivity contribution in [3.8, 4) is 0 Å². The summed E-state index contributed by atoms with van der Waals surface area (Å²) in [5.41, 5.74) is -0.709. The molecule has 0 bridgehead atoms. The van der Waals surface area contributed by atoms with E-state index in [4.69, 9.17) is 5.11 Å². The van der Waals surface area contributed by atoms with Gasteiger partial charge >= 0.3 is 5.97 Å². The Labute approximate surface area is 108 Å². The standard InChI is InChI=1S/C15H20O3/c1-14(2,10-12(16)17)15(3,4)13(18)11-8-6-5-7-9-11/h5-9H,10H2,1-4H3,(H,16,17). The van der Waals surface area contributed by atoms with E-state index in [0.29, 0.717) is 5.56 Å². The maximum absolute atomic E-state index is 12.5. The second-order valence-corrected chi connectivity index (χ2v) is 5.77. The van der Waals surface area contributed by atoms with E-state index in [-0.39, 0.29) is 12.2 Å². The molecule has 0 atom stereocenters. The topological polar surface area (TPSA) is 54.4 Å². The fourth-order valence-electron chi connectivity index (χ4n) is 1.86. The van der Waals surface area contributed by atoms with Crippen LogP contribution in [0.4, 0.5) is 0 Å². The molecule has 0 aliphatic rings. The van der Waals surface area contributed by atoms with Gasteiger partial charge in [0.1, 0.15) is 0 Å². The number of carboxylic acid groups (broad SMARTS) is 1. The van der Waals surface area contributed by atoms with Crippen molar-refractivity contribution in [2.75, 3.05) is 0 Å². The van der Waals surface area contributed by atoms with Crippen LogP contribution in [0.1, 0.15) is 44.5 Å². The van der Waals surface area contributed by atoms with Gasteiger partial charge < -0.3 is 5.11 Å². The van der Waals surface area contributed by atoms with Crippen LogP contribution in [0.25, 0.3) is 0 Å². The highest BCUT2D eigenvalue weighted by molar-refractivity contribution is 6.00. The molecule has 0 aliphatic carbocycles. The van der Waals surface area contributed by atoms with Crippen molar-refractivity contribution in [2.45, 2.75) is 34.1 Å². The summed E-state index contributed by atoms with van der Waals surface area (Å²) in [7, 11) is 0. The van der Waals surface area contributed by atoms with Crippen LogP contribution in [0.3, 0.4) is 0 Å². The van der Waals surface area contributed by atoms with E-state index in [1.807, 2.05) is 45.9 Å². The molecule has 0 radical (unpaired) electrons. The Morgan fingerprint density at radius 1 is 1.06 bits per heavy atom. The molecule has 1 N–H and O–H groups in total. The van der Waals surface area contributed by atoms with E-state index >= 15 is 0 Å². The van der Waals surface area contributed by atoms with Crippen LogP contribution < -0.4 is 0 Å². The van der Waals surface area contributed by atoms with Gasteiger partial charge in [-0.3, -0.25) is 9.59 Å². The van der Waals surface area contributed by atoms with Crippen LogP contribution in [0.15, 0.2) is 30.3 Å². The average molecular weight is 248 g/mol. The number of ketones is 1. The molecule has 3 heteroatoms. The summed E-state index contributed by atoms with van der Waals surface area (Å²) in [5.74, 6) is -0.900. The number of benzene rings is 1. The number of hydrogen-bond donors (Lipinski definition) is 1. The zero-order valence-electron chi connectivity index (χ0n) is 11.4. The fourth-order valence-corrected chi connectivity index (χ4v) is 1.86. The lowest BCUT2D eigenvalue weighted by Gasteiger charge is -2.39. The van der Waals surface area contributed by atoms with Crippen LogP contribution in [-0.2, 0) is 4.79 Å². The quantitative estimate of drug-likeness (QED) is 0.812. The first kappa shape index (κ1) is 14.4. The van der Waals surface area contributed by atoms with Gasteiger partial charge in [-0.2, -0.15) is 0 Å². The molecule has 1 aromatic carbocycles. The molecule has 1 rings (SSSR count). The van der Waals surface area contributed by atoms with E-state index in [1.165, 1.54) is 0 Å². The third-order valence-corrected chi connectivity index (χ3v) is 3.89. The maximum atomic E-state index is 12.5. The molecule has 18 heavy (non-hydrogen) atoms. The van der Waals surface area contributed by atoms with E-state index in [2.05, 4.69) is 0 Å². The van der Waals surface area contributed by atoms with E-state index < -0.39 is 16.8 Å². The molecule has 0 aliphatic heterocycles. The number of carboxylic acids is 1. The zero-order valence-corrected chi connectivity index (χ0v) is 11.4. The first-order chi connectivity index (χ1) is 8.18. The van der Waals surface area contributed by atoms with Crippen molar-refractivity contribution in [2.24, 2.45) is 10.8 Å². The first-order valence-electron chi connectivity index (χ1n) is 6.00. The second kappa shape index (κ2) is 4.92. The lowest BCUT2D eigenvalue weighted by molar-refractivity contribution is -0.140. The van der Waals surface area contributed by atoms with E-state index in [1.54, 1.807) is 12.1 Å². The molecule has 1 aromatic rings. The summed E-state index contributed by atoms with van der Waals surface area (Å²) in [6.45, 7) is 7.26. The van der Waals surface area contributed by atoms with Crippen molar-refractivity contribution in [1.29, 1.82) is 0 Å². The van der Waals surface area contributed by atoms with E-state index in [9.17, 15) is 9.59 Å². The molecule has 0 heterocycles. The van der Waals surface area contributed by atoms with Crippen LogP contribution in [-0.4, -0.2) is 16.9 Å². The van der Waals surface area contributed by atoms with Gasteiger partial charge in [0.2, 0.25) is 0 Å². The third kappa shape index (κ3) is 2.78. The van der Waals surface area contributed by atoms with E-state index in [0.717, 1.165) is 0 Å². The highest BCUT2D eigenvalue weighted by Gasteiger charge is 2.44. The van der Waals surface area contributed by atoms with Crippen molar-refractivity contribution >= 4 is 11.8 Å². The predicted molar refractivity (Wildman–Crippen MR) is 70.6 cm³/mol. The minimum Gasteiger partial charge on any atom is -0.481 e. The monoisotopic (exact) mass is 248 g/mol. The fraction of sp³-hybridized carbons (Fsp3) is 0.467. The van der Waals surface area contributed by atoms with Crippen molar-refractivity contribution in [1.82, 2.24) is 0 Å². The molecule has 0 saturated heterocycles. The molecule has 0 saturated carbocycles. The van der Waals surface area contributed by atoms with Crippen LogP contribution in [0.5, 0.6) is 0 Å². The summed E-state index contributed by atoms with van der Waals surface area (Å²) in [5, 5.41) is 8.95. The van der Waals surface area contributed by atoms with Gasteiger partial charge in [-0.05, 0) is 5.41 Å². The van der Waals surface area contributed by atoms with Crippen LogP contribution >= 0.6 is 0 Å². The van der Waals surface area contributed by atoms with Crippen molar-refractivity contribution in [3.63, 3.8) is 0 Å². The highest BCUT2D eigenvalue weighted by Crippen LogP contribution is 2.43. The first-order valence-corrected chi connectivity index (χ1v) is 6.00. The second-order valence-electron chi connectivity index (χ2n) is 5.77. The molecular weight excluding hydrogens is 228 g/mol. The lowest BCUT2D eigenvalue weighted by Crippen LogP contribution is -2.41. The normalized spacial score (nSPS) is 12.2. The summed E-state index contributed by atoms with van der Waals surface area (Å²) >= 11 is 0. The summed E-state index contributed by atoms with van der Waals surface area (Å²) in [6, 6.07) is 9.01. The number of aliphatic carboxylic acids is 1. The number of rotatable bonds is 5. The Bertz CT molecular complexity index is 444. The van der Waals surface area contributed by atoms with Gasteiger partial charge in [-0.15, -0.1) is 0 Å². The Balaban J connectivity index is 3.06. The maximum Gasteiger partial charge on any atom is 0.303 e. The SMILES string of the molecule is CC(C)(CC(=O)O)C(C)(C)C(=O)c1ccccc1. The number of carbonyl (C=O) groups is 2. The molecule has 0 amide bonds. The highest BCUT2D eigenvalue weighted by atomic mass is 16.4. The third-order valence-electron chi connectivity index (χ3n) is 3.89. The minimum absolute atomic E-state index is 0.0191. The van der Waals surface area contributed by atoms with Gasteiger partial charge in [-0.1, -0.05) is 58.0 Å². The molecule has 3 nitrogen and oxygen atoms in total. The van der Waals surface area contributed by atoms with Gasteiger partial charge in [0, 0.05) is 11.0 Å². The number of hydrogen-bond acceptors (Lipinski definition) is 2. The van der Waals surface area contributed by atoms with Gasteiger partial charge in [0.05, 0.1) is 6.42 Å². The zero-order chi connectivity index (χ0) is 14.0. The molecule has 0 unspecified atom stereocenters. The van der Waals surface area contributed by atoms with Gasteiger partial charge in [0.25, 0.3) is 0 Å². The average Bonchev–Trinajstić information content (AvgIpc) is 2.27. The van der Waals surface area contributed by atoms with Crippen LogP contribution in [0, 0.1) is 10.8 Å². The Hall–Kier alpha value is -1.64.